The summed E-state index contributed by atoms with van der Waals surface area (Å²) in [5.74, 6) is 0.722. The van der Waals surface area contributed by atoms with E-state index in [1.54, 1.807) is 12.5 Å². The second-order valence-electron chi connectivity index (χ2n) is 4.52. The summed E-state index contributed by atoms with van der Waals surface area (Å²) in [7, 11) is 0. The zero-order valence-corrected chi connectivity index (χ0v) is 8.62. The Bertz CT molecular complexity index is 275. The van der Waals surface area contributed by atoms with Crippen LogP contribution >= 0.6 is 0 Å². The van der Waals surface area contributed by atoms with Gasteiger partial charge in [-0.3, -0.25) is 0 Å². The molecule has 0 saturated heterocycles. The summed E-state index contributed by atoms with van der Waals surface area (Å²) in [5.41, 5.74) is 7.32. The molecule has 1 aliphatic rings. The summed E-state index contributed by atoms with van der Waals surface area (Å²) >= 11 is 0. The Balaban J connectivity index is 1.72. The molecule has 3 heteroatoms. The van der Waals surface area contributed by atoms with Gasteiger partial charge in [-0.1, -0.05) is 0 Å². The van der Waals surface area contributed by atoms with Crippen molar-refractivity contribution in [2.75, 3.05) is 6.54 Å². The Morgan fingerprint density at radius 3 is 3.00 bits per heavy atom. The first-order valence-corrected chi connectivity index (χ1v) is 5.19. The van der Waals surface area contributed by atoms with E-state index in [9.17, 15) is 0 Å². The Hall–Kier alpha value is -0.800. The van der Waals surface area contributed by atoms with E-state index in [2.05, 4.69) is 12.2 Å². The maximum Gasteiger partial charge on any atom is 0.0947 e. The minimum atomic E-state index is -0.0380. The molecule has 0 spiro atoms. The van der Waals surface area contributed by atoms with Gasteiger partial charge in [0, 0.05) is 24.2 Å². The lowest BCUT2D eigenvalue weighted by Gasteiger charge is -2.24. The van der Waals surface area contributed by atoms with E-state index in [1.807, 2.05) is 6.07 Å². The predicted molar refractivity (Wildman–Crippen MR) is 55.7 cm³/mol. The molecule has 3 N–H and O–H groups in total. The fourth-order valence-corrected chi connectivity index (χ4v) is 1.76. The second-order valence-corrected chi connectivity index (χ2v) is 4.52. The number of hydrogen-bond acceptors (Lipinski definition) is 3. The van der Waals surface area contributed by atoms with Gasteiger partial charge < -0.3 is 15.5 Å². The number of rotatable bonds is 5. The molecule has 1 saturated carbocycles. The van der Waals surface area contributed by atoms with Gasteiger partial charge >= 0.3 is 0 Å². The molecule has 1 unspecified atom stereocenters. The molecule has 1 aliphatic carbocycles. The van der Waals surface area contributed by atoms with E-state index in [-0.39, 0.29) is 5.54 Å². The molecule has 1 fully saturated rings. The fourth-order valence-electron chi connectivity index (χ4n) is 1.76. The van der Waals surface area contributed by atoms with Crippen molar-refractivity contribution in [2.45, 2.75) is 31.8 Å². The van der Waals surface area contributed by atoms with Crippen molar-refractivity contribution in [3.63, 3.8) is 0 Å². The van der Waals surface area contributed by atoms with Crippen LogP contribution in [-0.2, 0) is 6.54 Å². The average molecular weight is 194 g/mol. The number of nitrogens with two attached hydrogens (primary N) is 1. The molecular weight excluding hydrogens is 176 g/mol. The van der Waals surface area contributed by atoms with Crippen LogP contribution in [0.3, 0.4) is 0 Å². The Morgan fingerprint density at radius 2 is 2.43 bits per heavy atom. The molecule has 14 heavy (non-hydrogen) atoms. The summed E-state index contributed by atoms with van der Waals surface area (Å²) in [6.45, 7) is 3.85. The van der Waals surface area contributed by atoms with Crippen LogP contribution < -0.4 is 11.1 Å². The smallest absolute Gasteiger partial charge is 0.0947 e. The predicted octanol–water partition coefficient (Wildman–Crippen LogP) is 1.50. The van der Waals surface area contributed by atoms with E-state index in [1.165, 1.54) is 18.4 Å². The Labute approximate surface area is 84.7 Å². The van der Waals surface area contributed by atoms with Gasteiger partial charge in [-0.05, 0) is 31.7 Å². The van der Waals surface area contributed by atoms with Gasteiger partial charge in [0.05, 0.1) is 12.5 Å². The van der Waals surface area contributed by atoms with Crippen LogP contribution in [-0.4, -0.2) is 12.1 Å². The number of nitrogens with one attached hydrogen (secondary N) is 1. The zero-order valence-electron chi connectivity index (χ0n) is 8.62. The molecular formula is C11H18N2O. The van der Waals surface area contributed by atoms with Gasteiger partial charge in [0.25, 0.3) is 0 Å². The lowest BCUT2D eigenvalue weighted by Crippen LogP contribution is -2.47. The van der Waals surface area contributed by atoms with Crippen LogP contribution in [0.25, 0.3) is 0 Å². The number of hydrogen-bond donors (Lipinski definition) is 2. The third kappa shape index (κ3) is 2.36. The molecule has 0 bridgehead atoms. The van der Waals surface area contributed by atoms with Crippen molar-refractivity contribution in [3.05, 3.63) is 24.2 Å². The Morgan fingerprint density at radius 1 is 1.64 bits per heavy atom. The molecule has 0 aliphatic heterocycles. The maximum atomic E-state index is 6.18. The van der Waals surface area contributed by atoms with E-state index < -0.39 is 0 Å². The third-order valence-electron chi connectivity index (χ3n) is 2.93. The van der Waals surface area contributed by atoms with Crippen LogP contribution in [0.1, 0.15) is 25.3 Å². The minimum Gasteiger partial charge on any atom is -0.472 e. The summed E-state index contributed by atoms with van der Waals surface area (Å²) < 4.78 is 4.99. The molecule has 2 rings (SSSR count). The third-order valence-corrected chi connectivity index (χ3v) is 2.93. The Kier molecular flexibility index (Phi) is 2.61. The average Bonchev–Trinajstić information content (AvgIpc) is 2.87. The van der Waals surface area contributed by atoms with E-state index >= 15 is 0 Å². The van der Waals surface area contributed by atoms with Crippen molar-refractivity contribution in [3.8, 4) is 0 Å². The SMILES string of the molecule is CC(N)(CNCc1ccoc1)C1CC1. The van der Waals surface area contributed by atoms with Gasteiger partial charge in [-0.25, -0.2) is 0 Å². The van der Waals surface area contributed by atoms with Gasteiger partial charge in [-0.2, -0.15) is 0 Å². The highest BCUT2D eigenvalue weighted by Crippen LogP contribution is 2.37. The molecule has 1 heterocycles. The van der Waals surface area contributed by atoms with Crippen LogP contribution in [0.15, 0.2) is 23.0 Å². The van der Waals surface area contributed by atoms with Crippen LogP contribution in [0.5, 0.6) is 0 Å². The lowest BCUT2D eigenvalue weighted by molar-refractivity contribution is 0.379. The quantitative estimate of drug-likeness (QED) is 0.746. The van der Waals surface area contributed by atoms with E-state index in [0.29, 0.717) is 0 Å². The van der Waals surface area contributed by atoms with Gasteiger partial charge in [0.1, 0.15) is 0 Å². The summed E-state index contributed by atoms with van der Waals surface area (Å²) in [4.78, 5) is 0. The highest BCUT2D eigenvalue weighted by Gasteiger charge is 2.37. The highest BCUT2D eigenvalue weighted by atomic mass is 16.3. The molecule has 0 radical (unpaired) electrons. The van der Waals surface area contributed by atoms with Gasteiger partial charge in [0.2, 0.25) is 0 Å². The first-order chi connectivity index (χ1) is 6.68. The van der Waals surface area contributed by atoms with Crippen molar-refractivity contribution in [2.24, 2.45) is 11.7 Å². The van der Waals surface area contributed by atoms with Crippen LogP contribution in [0.4, 0.5) is 0 Å². The highest BCUT2D eigenvalue weighted by molar-refractivity contribution is 5.05. The monoisotopic (exact) mass is 194 g/mol. The molecule has 0 aromatic carbocycles. The van der Waals surface area contributed by atoms with Crippen molar-refractivity contribution >= 4 is 0 Å². The molecule has 3 nitrogen and oxygen atoms in total. The molecule has 0 amide bonds. The molecule has 1 aromatic rings. The lowest BCUT2D eigenvalue weighted by atomic mass is 9.97. The normalized spacial score (nSPS) is 20.7. The fraction of sp³-hybridized carbons (Fsp3) is 0.636. The van der Waals surface area contributed by atoms with E-state index in [4.69, 9.17) is 10.2 Å². The first kappa shape index (κ1) is 9.74. The first-order valence-electron chi connectivity index (χ1n) is 5.19. The summed E-state index contributed by atoms with van der Waals surface area (Å²) in [6, 6.07) is 1.97. The van der Waals surface area contributed by atoms with Crippen LogP contribution in [0.2, 0.25) is 0 Å². The van der Waals surface area contributed by atoms with Crippen molar-refractivity contribution < 1.29 is 4.42 Å². The largest absolute Gasteiger partial charge is 0.472 e. The van der Waals surface area contributed by atoms with Gasteiger partial charge in [-0.15, -0.1) is 0 Å². The number of furan rings is 1. The molecule has 78 valence electrons. The van der Waals surface area contributed by atoms with Crippen molar-refractivity contribution in [1.29, 1.82) is 0 Å². The maximum absolute atomic E-state index is 6.18. The zero-order chi connectivity index (χ0) is 10.0. The van der Waals surface area contributed by atoms with E-state index in [0.717, 1.165) is 19.0 Å². The second kappa shape index (κ2) is 3.75. The van der Waals surface area contributed by atoms with Crippen molar-refractivity contribution in [1.82, 2.24) is 5.32 Å². The summed E-state index contributed by atoms with van der Waals surface area (Å²) in [6.07, 6.45) is 6.04. The molecule has 1 atom stereocenters. The topological polar surface area (TPSA) is 51.2 Å². The summed E-state index contributed by atoms with van der Waals surface area (Å²) in [5, 5.41) is 3.36. The standard InChI is InChI=1S/C11H18N2O/c1-11(12,10-2-3-10)8-13-6-9-4-5-14-7-9/h4-5,7,10,13H,2-3,6,8,12H2,1H3. The van der Waals surface area contributed by atoms with Gasteiger partial charge in [0.15, 0.2) is 0 Å². The van der Waals surface area contributed by atoms with Crippen LogP contribution in [0, 0.1) is 5.92 Å². The molecule has 1 aromatic heterocycles. The minimum absolute atomic E-state index is 0.0380.